The summed E-state index contributed by atoms with van der Waals surface area (Å²) in [4.78, 5) is 2.55. The lowest BCUT2D eigenvalue weighted by Gasteiger charge is -2.24. The molecule has 0 aromatic heterocycles. The largest absolute Gasteiger partial charge is 0.327 e. The minimum absolute atomic E-state index is 0.323. The fraction of sp³-hybridized carbons (Fsp3) is 1.00. The predicted molar refractivity (Wildman–Crippen MR) is 50.0 cm³/mol. The van der Waals surface area contributed by atoms with Crippen LogP contribution in [-0.2, 0) is 0 Å². The van der Waals surface area contributed by atoms with Crippen molar-refractivity contribution >= 4 is 0 Å². The normalized spacial score (nSPS) is 38.5. The maximum absolute atomic E-state index is 5.79. The Morgan fingerprint density at radius 2 is 2.42 bits per heavy atom. The van der Waals surface area contributed by atoms with E-state index in [4.69, 9.17) is 5.73 Å². The van der Waals surface area contributed by atoms with Gasteiger partial charge in [-0.25, -0.2) is 0 Å². The van der Waals surface area contributed by atoms with Crippen LogP contribution in [-0.4, -0.2) is 43.2 Å². The number of hydrogen-bond donors (Lipinski definition) is 2. The van der Waals surface area contributed by atoms with E-state index in [2.05, 4.69) is 17.1 Å². The number of nitrogens with two attached hydrogens (primary N) is 1. The molecule has 12 heavy (non-hydrogen) atoms. The predicted octanol–water partition coefficient (Wildman–Crippen LogP) is -0.373. The molecule has 0 aliphatic carbocycles. The molecular weight excluding hydrogens is 150 g/mol. The molecule has 2 aliphatic heterocycles. The lowest BCUT2D eigenvalue weighted by atomic mass is 10.1. The minimum Gasteiger partial charge on any atom is -0.327 e. The summed E-state index contributed by atoms with van der Waals surface area (Å²) >= 11 is 0. The summed E-state index contributed by atoms with van der Waals surface area (Å²) in [6, 6.07) is 1.11. The molecule has 3 N–H and O–H groups in total. The Balaban J connectivity index is 1.91. The minimum atomic E-state index is 0.323. The van der Waals surface area contributed by atoms with Crippen LogP contribution in [0.2, 0.25) is 0 Å². The lowest BCUT2D eigenvalue weighted by Crippen LogP contribution is -2.41. The number of hydrogen-bond acceptors (Lipinski definition) is 3. The first kappa shape index (κ1) is 8.48. The molecule has 0 saturated carbocycles. The van der Waals surface area contributed by atoms with Crippen LogP contribution in [0.25, 0.3) is 0 Å². The molecule has 0 bridgehead atoms. The van der Waals surface area contributed by atoms with Crippen molar-refractivity contribution < 1.29 is 0 Å². The smallest absolute Gasteiger partial charge is 0.0262 e. The van der Waals surface area contributed by atoms with Crippen molar-refractivity contribution in [2.45, 2.75) is 25.4 Å². The van der Waals surface area contributed by atoms with Crippen LogP contribution in [0.4, 0.5) is 0 Å². The summed E-state index contributed by atoms with van der Waals surface area (Å²) in [5.41, 5.74) is 5.79. The van der Waals surface area contributed by atoms with Gasteiger partial charge in [-0.05, 0) is 32.4 Å². The van der Waals surface area contributed by atoms with Crippen molar-refractivity contribution in [3.8, 4) is 0 Å². The highest BCUT2D eigenvalue weighted by molar-refractivity contribution is 4.94. The van der Waals surface area contributed by atoms with E-state index in [0.29, 0.717) is 6.04 Å². The zero-order valence-corrected chi connectivity index (χ0v) is 7.79. The first-order chi connectivity index (χ1) is 5.77. The first-order valence-corrected chi connectivity index (χ1v) is 4.97. The standard InChI is InChI=1S/C9H19N3/c1-7(10)6-12-3-2-8-4-11-5-9(8)12/h7-9,11H,2-6,10H2,1H3/t7?,8-,9+/m0/s1. The van der Waals surface area contributed by atoms with Gasteiger partial charge in [0.25, 0.3) is 0 Å². The van der Waals surface area contributed by atoms with Crippen LogP contribution in [0.1, 0.15) is 13.3 Å². The molecule has 0 aromatic rings. The first-order valence-electron chi connectivity index (χ1n) is 4.97. The number of likely N-dealkylation sites (tertiary alicyclic amines) is 1. The van der Waals surface area contributed by atoms with Gasteiger partial charge in [-0.15, -0.1) is 0 Å². The zero-order valence-electron chi connectivity index (χ0n) is 7.79. The second kappa shape index (κ2) is 3.32. The monoisotopic (exact) mass is 169 g/mol. The average molecular weight is 169 g/mol. The average Bonchev–Trinajstić information content (AvgIpc) is 2.52. The van der Waals surface area contributed by atoms with Crippen LogP contribution in [0.3, 0.4) is 0 Å². The topological polar surface area (TPSA) is 41.3 Å². The van der Waals surface area contributed by atoms with Crippen molar-refractivity contribution in [1.82, 2.24) is 10.2 Å². The third-order valence-electron chi connectivity index (χ3n) is 3.08. The van der Waals surface area contributed by atoms with E-state index in [-0.39, 0.29) is 0 Å². The van der Waals surface area contributed by atoms with Gasteiger partial charge in [-0.2, -0.15) is 0 Å². The molecule has 0 amide bonds. The Labute approximate surface area is 74.3 Å². The second-order valence-corrected chi connectivity index (χ2v) is 4.25. The van der Waals surface area contributed by atoms with Crippen LogP contribution < -0.4 is 11.1 Å². The summed E-state index contributed by atoms with van der Waals surface area (Å²) in [6.07, 6.45) is 1.37. The van der Waals surface area contributed by atoms with E-state index < -0.39 is 0 Å². The quantitative estimate of drug-likeness (QED) is 0.592. The number of nitrogens with zero attached hydrogens (tertiary/aromatic N) is 1. The molecule has 1 unspecified atom stereocenters. The molecule has 3 heteroatoms. The van der Waals surface area contributed by atoms with Gasteiger partial charge in [-0.3, -0.25) is 4.90 Å². The number of nitrogens with one attached hydrogen (secondary N) is 1. The zero-order chi connectivity index (χ0) is 8.55. The molecule has 0 radical (unpaired) electrons. The van der Waals surface area contributed by atoms with Gasteiger partial charge >= 0.3 is 0 Å². The number of rotatable bonds is 2. The van der Waals surface area contributed by atoms with Gasteiger partial charge in [0.1, 0.15) is 0 Å². The molecule has 2 rings (SSSR count). The fourth-order valence-corrected chi connectivity index (χ4v) is 2.54. The molecule has 3 atom stereocenters. The molecule has 0 spiro atoms. The molecule has 70 valence electrons. The van der Waals surface area contributed by atoms with Crippen LogP contribution in [0.5, 0.6) is 0 Å². The Morgan fingerprint density at radius 1 is 1.58 bits per heavy atom. The van der Waals surface area contributed by atoms with E-state index in [9.17, 15) is 0 Å². The van der Waals surface area contributed by atoms with Gasteiger partial charge < -0.3 is 11.1 Å². The molecule has 0 aromatic carbocycles. The number of fused-ring (bicyclic) bond motifs is 1. The maximum Gasteiger partial charge on any atom is 0.0262 e. The molecule has 2 saturated heterocycles. The Hall–Kier alpha value is -0.120. The molecule has 2 fully saturated rings. The van der Waals surface area contributed by atoms with E-state index in [1.165, 1.54) is 26.1 Å². The van der Waals surface area contributed by atoms with Crippen molar-refractivity contribution in [3.05, 3.63) is 0 Å². The van der Waals surface area contributed by atoms with Crippen LogP contribution in [0, 0.1) is 5.92 Å². The Kier molecular flexibility index (Phi) is 2.35. The third kappa shape index (κ3) is 1.49. The van der Waals surface area contributed by atoms with Gasteiger partial charge in [0.05, 0.1) is 0 Å². The summed E-state index contributed by atoms with van der Waals surface area (Å²) in [6.45, 7) is 6.83. The summed E-state index contributed by atoms with van der Waals surface area (Å²) < 4.78 is 0. The fourth-order valence-electron chi connectivity index (χ4n) is 2.54. The maximum atomic E-state index is 5.79. The lowest BCUT2D eigenvalue weighted by molar-refractivity contribution is 0.241. The summed E-state index contributed by atoms with van der Waals surface area (Å²) in [7, 11) is 0. The van der Waals surface area contributed by atoms with Crippen molar-refractivity contribution in [2.24, 2.45) is 11.7 Å². The van der Waals surface area contributed by atoms with Crippen LogP contribution in [0.15, 0.2) is 0 Å². The van der Waals surface area contributed by atoms with E-state index in [0.717, 1.165) is 18.5 Å². The summed E-state index contributed by atoms with van der Waals surface area (Å²) in [5, 5.41) is 3.45. The van der Waals surface area contributed by atoms with Crippen molar-refractivity contribution in [2.75, 3.05) is 26.2 Å². The highest BCUT2D eigenvalue weighted by Crippen LogP contribution is 2.26. The molecular formula is C9H19N3. The highest BCUT2D eigenvalue weighted by atomic mass is 15.2. The molecule has 2 aliphatic rings. The van der Waals surface area contributed by atoms with E-state index >= 15 is 0 Å². The molecule has 2 heterocycles. The van der Waals surface area contributed by atoms with Crippen molar-refractivity contribution in [3.63, 3.8) is 0 Å². The van der Waals surface area contributed by atoms with E-state index in [1.807, 2.05) is 0 Å². The third-order valence-corrected chi connectivity index (χ3v) is 3.08. The second-order valence-electron chi connectivity index (χ2n) is 4.25. The van der Waals surface area contributed by atoms with Crippen molar-refractivity contribution in [1.29, 1.82) is 0 Å². The SMILES string of the molecule is CC(N)CN1CC[C@H]2CNC[C@H]21. The van der Waals surface area contributed by atoms with Gasteiger partial charge in [0, 0.05) is 25.2 Å². The highest BCUT2D eigenvalue weighted by Gasteiger charge is 2.37. The molecule has 3 nitrogen and oxygen atoms in total. The van der Waals surface area contributed by atoms with Gasteiger partial charge in [0.2, 0.25) is 0 Å². The van der Waals surface area contributed by atoms with Gasteiger partial charge in [-0.1, -0.05) is 0 Å². The Bertz CT molecular complexity index is 158. The van der Waals surface area contributed by atoms with Crippen LogP contribution >= 0.6 is 0 Å². The Morgan fingerprint density at radius 3 is 3.17 bits per heavy atom. The van der Waals surface area contributed by atoms with Gasteiger partial charge in [0.15, 0.2) is 0 Å². The summed E-state index contributed by atoms with van der Waals surface area (Å²) in [5.74, 6) is 0.906. The van der Waals surface area contributed by atoms with E-state index in [1.54, 1.807) is 0 Å².